The summed E-state index contributed by atoms with van der Waals surface area (Å²) < 4.78 is 34.6. The van der Waals surface area contributed by atoms with Crippen LogP contribution in [0.15, 0.2) is 48.6 Å². The maximum Gasteiger partial charge on any atom is 0.472 e. The Kier molecular flexibility index (Phi) is 52.3. The van der Waals surface area contributed by atoms with E-state index < -0.39 is 26.5 Å². The zero-order chi connectivity index (χ0) is 52.7. The van der Waals surface area contributed by atoms with Crippen molar-refractivity contribution in [3.63, 3.8) is 0 Å². The minimum Gasteiger partial charge on any atom is -0.462 e. The first-order valence-electron chi connectivity index (χ1n) is 30.4. The number of rotatable bonds is 56. The third kappa shape index (κ3) is 57.3. The van der Waals surface area contributed by atoms with E-state index in [9.17, 15) is 19.0 Å². The summed E-state index contributed by atoms with van der Waals surface area (Å²) in [4.78, 5) is 35.7. The Labute approximate surface area is 445 Å². The molecule has 0 saturated carbocycles. The van der Waals surface area contributed by atoms with Crippen LogP contribution in [0.2, 0.25) is 0 Å². The van der Waals surface area contributed by atoms with E-state index in [0.29, 0.717) is 23.9 Å². The quantitative estimate of drug-likeness (QED) is 0.0211. The number of quaternary nitrogens is 1. The fourth-order valence-electron chi connectivity index (χ4n) is 8.72. The van der Waals surface area contributed by atoms with Crippen LogP contribution in [0.1, 0.15) is 284 Å². The van der Waals surface area contributed by atoms with Crippen molar-refractivity contribution in [3.8, 4) is 0 Å². The molecule has 1 N–H and O–H groups in total. The molecule has 72 heavy (non-hydrogen) atoms. The molecule has 0 aromatic heterocycles. The number of esters is 2. The Morgan fingerprint density at radius 1 is 0.444 bits per heavy atom. The number of allylic oxidation sites excluding steroid dienone is 8. The lowest BCUT2D eigenvalue weighted by Gasteiger charge is -2.24. The number of nitrogens with zero attached hydrogens (tertiary/aromatic N) is 1. The Hall–Kier alpha value is -2.03. The van der Waals surface area contributed by atoms with Crippen LogP contribution in [0.3, 0.4) is 0 Å². The highest BCUT2D eigenvalue weighted by Gasteiger charge is 2.27. The summed E-state index contributed by atoms with van der Waals surface area (Å²) in [6.07, 6.45) is 67.6. The first kappa shape index (κ1) is 70.0. The first-order chi connectivity index (χ1) is 35.0. The number of hydrogen-bond donors (Lipinski definition) is 1. The fraction of sp³-hybridized carbons (Fsp3) is 0.839. The Balaban J connectivity index is 4.04. The van der Waals surface area contributed by atoms with Crippen molar-refractivity contribution in [2.75, 3.05) is 47.5 Å². The second kappa shape index (κ2) is 53.8. The summed E-state index contributed by atoms with van der Waals surface area (Å²) in [7, 11) is 1.49. The van der Waals surface area contributed by atoms with Gasteiger partial charge in [-0.15, -0.1) is 0 Å². The fourth-order valence-corrected chi connectivity index (χ4v) is 9.46. The van der Waals surface area contributed by atoms with E-state index >= 15 is 0 Å². The number of ether oxygens (including phenoxy) is 2. The average Bonchev–Trinajstić information content (AvgIpc) is 3.34. The summed E-state index contributed by atoms with van der Waals surface area (Å²) >= 11 is 0. The van der Waals surface area contributed by atoms with Crippen LogP contribution in [-0.2, 0) is 32.7 Å². The van der Waals surface area contributed by atoms with Gasteiger partial charge in [-0.3, -0.25) is 18.6 Å². The Morgan fingerprint density at radius 2 is 0.792 bits per heavy atom. The third-order valence-electron chi connectivity index (χ3n) is 13.4. The predicted molar refractivity (Wildman–Crippen MR) is 307 cm³/mol. The molecule has 0 aliphatic rings. The lowest BCUT2D eigenvalue weighted by molar-refractivity contribution is -0.870. The topological polar surface area (TPSA) is 108 Å². The van der Waals surface area contributed by atoms with Gasteiger partial charge in [0.1, 0.15) is 19.8 Å². The van der Waals surface area contributed by atoms with Gasteiger partial charge < -0.3 is 18.9 Å². The molecule has 0 heterocycles. The predicted octanol–water partition coefficient (Wildman–Crippen LogP) is 18.9. The molecule has 10 heteroatoms. The Bertz CT molecular complexity index is 1360. The minimum absolute atomic E-state index is 0.0339. The van der Waals surface area contributed by atoms with Crippen molar-refractivity contribution in [2.45, 2.75) is 290 Å². The van der Waals surface area contributed by atoms with Crippen molar-refractivity contribution >= 4 is 19.8 Å². The van der Waals surface area contributed by atoms with Crippen LogP contribution in [-0.4, -0.2) is 74.9 Å². The molecular formula is C62H117NO8P+. The molecule has 0 fully saturated rings. The summed E-state index contributed by atoms with van der Waals surface area (Å²) in [6.45, 7) is 4.37. The third-order valence-corrected chi connectivity index (χ3v) is 14.4. The molecule has 2 atom stereocenters. The van der Waals surface area contributed by atoms with Gasteiger partial charge in [-0.25, -0.2) is 4.57 Å². The van der Waals surface area contributed by atoms with Gasteiger partial charge >= 0.3 is 19.8 Å². The van der Waals surface area contributed by atoms with Gasteiger partial charge in [-0.2, -0.15) is 0 Å². The zero-order valence-electron chi connectivity index (χ0n) is 47.9. The SMILES string of the molecule is CC/C=C\C/C=C\C/C=C\C/C=C\CCCCCCCCCCCCCCCCCCCCC(=O)OC(COC(=O)CCCCCCCCCCCCCCCCCCC)COP(=O)(O)OCC[N+](C)(C)C. The molecule has 0 amide bonds. The average molecular weight is 1040 g/mol. The summed E-state index contributed by atoms with van der Waals surface area (Å²) in [5.41, 5.74) is 0. The molecule has 9 nitrogen and oxygen atoms in total. The molecule has 0 aliphatic carbocycles. The number of hydrogen-bond acceptors (Lipinski definition) is 7. The largest absolute Gasteiger partial charge is 0.472 e. The first-order valence-corrected chi connectivity index (χ1v) is 31.9. The van der Waals surface area contributed by atoms with Gasteiger partial charge in [0.25, 0.3) is 0 Å². The maximum atomic E-state index is 12.8. The number of likely N-dealkylation sites (N-methyl/N-ethyl adjacent to an activating group) is 1. The smallest absolute Gasteiger partial charge is 0.462 e. The van der Waals surface area contributed by atoms with Crippen molar-refractivity contribution < 1.29 is 42.1 Å². The highest BCUT2D eigenvalue weighted by atomic mass is 31.2. The van der Waals surface area contributed by atoms with Crippen LogP contribution in [0.25, 0.3) is 0 Å². The van der Waals surface area contributed by atoms with Crippen LogP contribution in [0, 0.1) is 0 Å². The monoisotopic (exact) mass is 1030 g/mol. The number of carbonyl (C=O) groups excluding carboxylic acids is 2. The number of carbonyl (C=O) groups is 2. The second-order valence-corrected chi connectivity index (χ2v) is 23.2. The van der Waals surface area contributed by atoms with Crippen molar-refractivity contribution in [3.05, 3.63) is 48.6 Å². The van der Waals surface area contributed by atoms with Crippen LogP contribution in [0.4, 0.5) is 0 Å². The number of unbranched alkanes of at least 4 members (excludes halogenated alkanes) is 34. The van der Waals surface area contributed by atoms with Gasteiger partial charge in [0, 0.05) is 12.8 Å². The molecule has 0 aromatic rings. The highest BCUT2D eigenvalue weighted by molar-refractivity contribution is 7.47. The highest BCUT2D eigenvalue weighted by Crippen LogP contribution is 2.43. The normalized spacial score (nSPS) is 13.6. The van der Waals surface area contributed by atoms with E-state index in [1.807, 2.05) is 21.1 Å². The molecular weight excluding hydrogens is 918 g/mol. The molecule has 0 bridgehead atoms. The van der Waals surface area contributed by atoms with Crippen LogP contribution in [0.5, 0.6) is 0 Å². The Morgan fingerprint density at radius 3 is 1.18 bits per heavy atom. The molecule has 0 rings (SSSR count). The second-order valence-electron chi connectivity index (χ2n) is 21.7. The lowest BCUT2D eigenvalue weighted by atomic mass is 10.0. The summed E-state index contributed by atoms with van der Waals surface area (Å²) in [5, 5.41) is 0. The van der Waals surface area contributed by atoms with E-state index in [1.54, 1.807) is 0 Å². The van der Waals surface area contributed by atoms with Gasteiger partial charge in [-0.05, 0) is 51.4 Å². The molecule has 0 aromatic carbocycles. The van der Waals surface area contributed by atoms with E-state index in [1.165, 1.54) is 193 Å². The van der Waals surface area contributed by atoms with Crippen LogP contribution >= 0.6 is 7.82 Å². The number of phosphoric ester groups is 1. The van der Waals surface area contributed by atoms with E-state index in [2.05, 4.69) is 62.5 Å². The lowest BCUT2D eigenvalue weighted by Crippen LogP contribution is -2.37. The zero-order valence-corrected chi connectivity index (χ0v) is 48.8. The molecule has 422 valence electrons. The summed E-state index contributed by atoms with van der Waals surface area (Å²) in [6, 6.07) is 0. The van der Waals surface area contributed by atoms with E-state index in [4.69, 9.17) is 18.5 Å². The van der Waals surface area contributed by atoms with Gasteiger partial charge in [0.05, 0.1) is 27.7 Å². The van der Waals surface area contributed by atoms with Crippen molar-refractivity contribution in [2.24, 2.45) is 0 Å². The van der Waals surface area contributed by atoms with Crippen molar-refractivity contribution in [1.82, 2.24) is 0 Å². The summed E-state index contributed by atoms with van der Waals surface area (Å²) in [5.74, 6) is -0.782. The standard InChI is InChI=1S/C62H116NO8P/c1-6-8-10-12-14-16-18-20-22-24-25-26-27-28-29-30-31-32-33-34-35-36-37-39-41-43-45-47-49-51-53-55-62(65)71-60(59-70-72(66,67)69-57-56-63(3,4)5)58-68-61(64)54-52-50-48-46-44-42-40-38-23-21-19-17-15-13-11-9-7-2/h8,10,14,16,20,22,25-26,60H,6-7,9,11-13,15,17-19,21,23-24,27-59H2,1-5H3/p+1/b10-8-,16-14-,22-20-,26-25-. The van der Waals surface area contributed by atoms with Gasteiger partial charge in [-0.1, -0.05) is 268 Å². The molecule has 0 aliphatic heterocycles. The van der Waals surface area contributed by atoms with E-state index in [0.717, 1.165) is 57.8 Å². The maximum absolute atomic E-state index is 12.8. The molecule has 0 radical (unpaired) electrons. The molecule has 0 saturated heterocycles. The van der Waals surface area contributed by atoms with Gasteiger partial charge in [0.15, 0.2) is 6.10 Å². The molecule has 0 spiro atoms. The van der Waals surface area contributed by atoms with Crippen LogP contribution < -0.4 is 0 Å². The van der Waals surface area contributed by atoms with Crippen molar-refractivity contribution in [1.29, 1.82) is 0 Å². The minimum atomic E-state index is -4.38. The molecule has 2 unspecified atom stereocenters. The van der Waals surface area contributed by atoms with E-state index in [-0.39, 0.29) is 25.6 Å². The number of phosphoric acid groups is 1. The van der Waals surface area contributed by atoms with Gasteiger partial charge in [0.2, 0.25) is 0 Å².